The molecule has 3 aromatic heterocycles. The van der Waals surface area contributed by atoms with Gasteiger partial charge in [-0.1, -0.05) is 29.8 Å². The van der Waals surface area contributed by atoms with Crippen molar-refractivity contribution in [2.24, 2.45) is 0 Å². The standard InChI is InChI=1S/C24H19ClFN7/c1-14-9-22(20(26)11-18(14)17-10-16-5-3-4-6-21(16)27-12-17)30-24-28-13-19(25)23(31-24)32-33-15(2)7-8-29-33/h3-13H,1-2H3,(H2,28,30,31,32). The van der Waals surface area contributed by atoms with Crippen LogP contribution in [0.5, 0.6) is 0 Å². The molecule has 33 heavy (non-hydrogen) atoms. The van der Waals surface area contributed by atoms with Gasteiger partial charge in [-0.2, -0.15) is 14.9 Å². The molecule has 5 rings (SSSR count). The fraction of sp³-hybridized carbons (Fsp3) is 0.0833. The lowest BCUT2D eigenvalue weighted by Gasteiger charge is -2.13. The van der Waals surface area contributed by atoms with Crippen LogP contribution < -0.4 is 10.7 Å². The Morgan fingerprint density at radius 3 is 2.67 bits per heavy atom. The van der Waals surface area contributed by atoms with Crippen molar-refractivity contribution in [2.75, 3.05) is 10.7 Å². The Hall–Kier alpha value is -4.04. The summed E-state index contributed by atoms with van der Waals surface area (Å²) in [4.78, 5) is 14.6. The van der Waals surface area contributed by atoms with Gasteiger partial charge in [-0.3, -0.25) is 10.4 Å². The Balaban J connectivity index is 1.44. The summed E-state index contributed by atoms with van der Waals surface area (Å²) >= 11 is 6.22. The molecule has 0 atom stereocenters. The van der Waals surface area contributed by atoms with Crippen LogP contribution in [0, 0.1) is 19.7 Å². The topological polar surface area (TPSA) is 80.5 Å². The Morgan fingerprint density at radius 2 is 1.85 bits per heavy atom. The molecule has 0 bridgehead atoms. The molecule has 0 aliphatic heterocycles. The van der Waals surface area contributed by atoms with Gasteiger partial charge in [0.05, 0.1) is 29.3 Å². The van der Waals surface area contributed by atoms with Crippen LogP contribution in [0.3, 0.4) is 0 Å². The van der Waals surface area contributed by atoms with Crippen molar-refractivity contribution in [1.29, 1.82) is 0 Å². The minimum Gasteiger partial charge on any atom is -0.322 e. The van der Waals surface area contributed by atoms with Crippen molar-refractivity contribution in [3.63, 3.8) is 0 Å². The van der Waals surface area contributed by atoms with E-state index in [9.17, 15) is 0 Å². The highest BCUT2D eigenvalue weighted by molar-refractivity contribution is 6.32. The Morgan fingerprint density at radius 1 is 1.00 bits per heavy atom. The molecule has 0 amide bonds. The van der Waals surface area contributed by atoms with Gasteiger partial charge < -0.3 is 5.32 Å². The lowest BCUT2D eigenvalue weighted by atomic mass is 9.99. The van der Waals surface area contributed by atoms with E-state index in [-0.39, 0.29) is 11.6 Å². The van der Waals surface area contributed by atoms with Gasteiger partial charge in [-0.05, 0) is 55.3 Å². The van der Waals surface area contributed by atoms with Crippen LogP contribution >= 0.6 is 11.6 Å². The maximum absolute atomic E-state index is 15.1. The molecule has 5 aromatic rings. The van der Waals surface area contributed by atoms with E-state index in [4.69, 9.17) is 11.6 Å². The van der Waals surface area contributed by atoms with E-state index in [1.165, 1.54) is 17.1 Å². The fourth-order valence-corrected chi connectivity index (χ4v) is 3.65. The highest BCUT2D eigenvalue weighted by atomic mass is 35.5. The van der Waals surface area contributed by atoms with Crippen LogP contribution in [0.25, 0.3) is 22.0 Å². The molecule has 0 fully saturated rings. The molecule has 0 saturated heterocycles. The Bertz CT molecular complexity index is 1480. The summed E-state index contributed by atoms with van der Waals surface area (Å²) in [5, 5.41) is 8.40. The maximum atomic E-state index is 15.1. The smallest absolute Gasteiger partial charge is 0.229 e. The normalized spacial score (nSPS) is 11.0. The number of nitrogens with one attached hydrogen (secondary N) is 2. The van der Waals surface area contributed by atoms with E-state index in [2.05, 4.69) is 30.8 Å². The number of hydrogen-bond donors (Lipinski definition) is 2. The van der Waals surface area contributed by atoms with E-state index in [1.807, 2.05) is 50.2 Å². The lowest BCUT2D eigenvalue weighted by molar-refractivity contribution is 0.631. The summed E-state index contributed by atoms with van der Waals surface area (Å²) in [7, 11) is 0. The SMILES string of the molecule is Cc1cc(Nc2ncc(Cl)c(Nn3nccc3C)n2)c(F)cc1-c1cnc2ccccc2c1. The number of benzene rings is 2. The summed E-state index contributed by atoms with van der Waals surface area (Å²) in [5.74, 6) is 0.113. The molecule has 0 saturated carbocycles. The first-order chi connectivity index (χ1) is 16.0. The van der Waals surface area contributed by atoms with Gasteiger partial charge in [0.2, 0.25) is 5.95 Å². The maximum Gasteiger partial charge on any atom is 0.229 e. The third kappa shape index (κ3) is 4.20. The van der Waals surface area contributed by atoms with Crippen LogP contribution in [-0.2, 0) is 0 Å². The molecule has 164 valence electrons. The summed E-state index contributed by atoms with van der Waals surface area (Å²) < 4.78 is 15.1. The molecule has 0 aliphatic rings. The number of aromatic nitrogens is 5. The van der Waals surface area contributed by atoms with E-state index >= 15 is 4.39 Å². The minimum atomic E-state index is -0.431. The predicted octanol–water partition coefficient (Wildman–Crippen LogP) is 5.92. The molecule has 2 aromatic carbocycles. The van der Waals surface area contributed by atoms with Gasteiger partial charge in [0.15, 0.2) is 5.82 Å². The van der Waals surface area contributed by atoms with Crippen molar-refractivity contribution in [2.45, 2.75) is 13.8 Å². The zero-order chi connectivity index (χ0) is 22.9. The van der Waals surface area contributed by atoms with Gasteiger partial charge in [-0.15, -0.1) is 0 Å². The highest BCUT2D eigenvalue weighted by Gasteiger charge is 2.13. The third-order valence-electron chi connectivity index (χ3n) is 5.25. The second-order valence-corrected chi connectivity index (χ2v) is 7.98. The van der Waals surface area contributed by atoms with Crippen LogP contribution in [0.4, 0.5) is 21.8 Å². The molecule has 0 radical (unpaired) electrons. The number of para-hydroxylation sites is 1. The molecule has 9 heteroatoms. The fourth-order valence-electron chi connectivity index (χ4n) is 3.52. The van der Waals surface area contributed by atoms with Crippen LogP contribution in [-0.4, -0.2) is 24.8 Å². The number of pyridine rings is 1. The van der Waals surface area contributed by atoms with Crippen LogP contribution in [0.15, 0.2) is 67.1 Å². The zero-order valence-corrected chi connectivity index (χ0v) is 18.6. The van der Waals surface area contributed by atoms with Crippen molar-refractivity contribution >= 4 is 40.0 Å². The summed E-state index contributed by atoms with van der Waals surface area (Å²) in [6.45, 7) is 3.81. The van der Waals surface area contributed by atoms with E-state index in [0.29, 0.717) is 10.8 Å². The summed E-state index contributed by atoms with van der Waals surface area (Å²) in [6, 6.07) is 14.9. The van der Waals surface area contributed by atoms with Gasteiger partial charge >= 0.3 is 0 Å². The zero-order valence-electron chi connectivity index (χ0n) is 17.8. The predicted molar refractivity (Wildman–Crippen MR) is 128 cm³/mol. The largest absolute Gasteiger partial charge is 0.322 e. The van der Waals surface area contributed by atoms with E-state index in [0.717, 1.165) is 33.3 Å². The summed E-state index contributed by atoms with van der Waals surface area (Å²) in [6.07, 6.45) is 4.86. The third-order valence-corrected chi connectivity index (χ3v) is 5.53. The van der Waals surface area contributed by atoms with E-state index < -0.39 is 5.82 Å². The Kier molecular flexibility index (Phi) is 5.35. The van der Waals surface area contributed by atoms with Crippen molar-refractivity contribution in [3.05, 3.63) is 89.2 Å². The van der Waals surface area contributed by atoms with Crippen molar-refractivity contribution in [1.82, 2.24) is 24.8 Å². The first kappa shape index (κ1) is 20.8. The number of hydrogen-bond acceptors (Lipinski definition) is 6. The monoisotopic (exact) mass is 459 g/mol. The van der Waals surface area contributed by atoms with Crippen LogP contribution in [0.1, 0.15) is 11.3 Å². The summed E-state index contributed by atoms with van der Waals surface area (Å²) in [5.41, 5.74) is 7.53. The molecular weight excluding hydrogens is 441 g/mol. The van der Waals surface area contributed by atoms with E-state index in [1.54, 1.807) is 18.5 Å². The van der Waals surface area contributed by atoms with Gasteiger partial charge in [0.25, 0.3) is 0 Å². The number of halogens is 2. The first-order valence-corrected chi connectivity index (χ1v) is 10.6. The van der Waals surface area contributed by atoms with Gasteiger partial charge in [0.1, 0.15) is 10.8 Å². The van der Waals surface area contributed by atoms with Crippen molar-refractivity contribution < 1.29 is 4.39 Å². The number of aryl methyl sites for hydroxylation is 2. The number of nitrogens with zero attached hydrogens (tertiary/aromatic N) is 5. The lowest BCUT2D eigenvalue weighted by Crippen LogP contribution is -2.14. The quantitative estimate of drug-likeness (QED) is 0.339. The first-order valence-electron chi connectivity index (χ1n) is 10.2. The number of anilines is 3. The molecule has 0 unspecified atom stereocenters. The molecule has 0 spiro atoms. The molecule has 2 N–H and O–H groups in total. The number of rotatable bonds is 5. The number of fused-ring (bicyclic) bond motifs is 1. The highest BCUT2D eigenvalue weighted by Crippen LogP contribution is 2.31. The Labute approximate surface area is 194 Å². The molecule has 3 heterocycles. The van der Waals surface area contributed by atoms with Crippen LogP contribution in [0.2, 0.25) is 5.02 Å². The molecular formula is C24H19ClFN7. The minimum absolute atomic E-state index is 0.199. The second kappa shape index (κ2) is 8.48. The van der Waals surface area contributed by atoms with Gasteiger partial charge in [-0.25, -0.2) is 9.37 Å². The van der Waals surface area contributed by atoms with Crippen molar-refractivity contribution in [3.8, 4) is 11.1 Å². The van der Waals surface area contributed by atoms with Gasteiger partial charge in [0, 0.05) is 17.1 Å². The second-order valence-electron chi connectivity index (χ2n) is 7.58. The molecule has 7 nitrogen and oxygen atoms in total. The average Bonchev–Trinajstić information content (AvgIpc) is 3.22. The average molecular weight is 460 g/mol. The molecule has 0 aliphatic carbocycles.